The van der Waals surface area contributed by atoms with Crippen LogP contribution in [-0.4, -0.2) is 69.4 Å². The molecule has 1 saturated carbocycles. The molecule has 42 heavy (non-hydrogen) atoms. The van der Waals surface area contributed by atoms with Gasteiger partial charge in [0.25, 0.3) is 5.91 Å². The average Bonchev–Trinajstić information content (AvgIpc) is 3.66. The third-order valence-corrected chi connectivity index (χ3v) is 10.5. The number of halogens is 3. The van der Waals surface area contributed by atoms with Crippen molar-refractivity contribution in [3.05, 3.63) is 81.4 Å². The van der Waals surface area contributed by atoms with Crippen molar-refractivity contribution < 1.29 is 32.6 Å². The molecule has 3 heterocycles. The van der Waals surface area contributed by atoms with Gasteiger partial charge in [0, 0.05) is 29.4 Å². The first kappa shape index (κ1) is 29.4. The number of ether oxygens (including phenoxy) is 1. The maximum absolute atomic E-state index is 16.5. The molecule has 2 N–H and O–H groups in total. The second-order valence-corrected chi connectivity index (χ2v) is 14.4. The molecule has 1 saturated heterocycles. The lowest BCUT2D eigenvalue weighted by atomic mass is 9.82. The zero-order valence-electron chi connectivity index (χ0n) is 22.3. The lowest BCUT2D eigenvalue weighted by Crippen LogP contribution is -2.55. The first-order valence-electron chi connectivity index (χ1n) is 13.6. The van der Waals surface area contributed by atoms with Gasteiger partial charge in [0.05, 0.1) is 34.3 Å². The molecule has 1 unspecified atom stereocenters. The van der Waals surface area contributed by atoms with Crippen LogP contribution in [0.5, 0.6) is 0 Å². The van der Waals surface area contributed by atoms with Gasteiger partial charge in [-0.3, -0.25) is 4.79 Å². The molecule has 222 valence electrons. The quantitative estimate of drug-likeness (QED) is 0.351. The van der Waals surface area contributed by atoms with E-state index >= 15 is 4.48 Å². The van der Waals surface area contributed by atoms with Gasteiger partial charge in [0.15, 0.2) is 0 Å². The van der Waals surface area contributed by atoms with Crippen molar-refractivity contribution in [1.29, 1.82) is 0 Å². The molecule has 13 heteroatoms. The maximum Gasteiger partial charge on any atom is 0.285 e. The lowest BCUT2D eigenvalue weighted by Gasteiger charge is -2.42. The predicted octanol–water partition coefficient (Wildman–Crippen LogP) is 4.26. The number of sulfone groups is 1. The molecule has 3 aliphatic rings. The highest BCUT2D eigenvalue weighted by Crippen LogP contribution is 2.51. The summed E-state index contributed by atoms with van der Waals surface area (Å²) in [6, 6.07) is 10.2. The standard InChI is InChI=1S/C29H28Cl2FN3O6S/c30-19-3-1-17(2-4-19)21-5-6-23-25(22(21)13-24-33-14-20(31)15-34-24)27(37)35(32)29(23,41-16-28(38)9-10-28)26(36)18-7-11-42(39,40)12-8-18/h1-6,14-15,18,26,36,38H,7-13,16H2/t26?,29-/m1/s1. The fraction of sp³-hybridized carbons (Fsp3) is 0.414. The average molecular weight is 637 g/mol. The molecule has 2 aliphatic heterocycles. The SMILES string of the molecule is O=C1c2c(ccc(-c3ccc(Cl)cc3)c2Cc2ncc(Cl)cn2)[C@@](OCC2(O)CC2)(C(O)C2CCS(=O)(=O)CC2)N1F. The number of aliphatic hydroxyl groups is 2. The summed E-state index contributed by atoms with van der Waals surface area (Å²) in [5, 5.41) is 23.1. The summed E-state index contributed by atoms with van der Waals surface area (Å²) in [6.45, 7) is -0.323. The molecule has 1 aliphatic carbocycles. The molecule has 3 aromatic rings. The molecule has 2 aromatic carbocycles. The van der Waals surface area contributed by atoms with Crippen LogP contribution in [0, 0.1) is 5.92 Å². The van der Waals surface area contributed by atoms with Crippen LogP contribution >= 0.6 is 23.2 Å². The fourth-order valence-corrected chi connectivity index (χ4v) is 7.54. The van der Waals surface area contributed by atoms with Crippen molar-refractivity contribution in [3.8, 4) is 11.1 Å². The second-order valence-electron chi connectivity index (χ2n) is 11.2. The molecule has 0 radical (unpaired) electrons. The second kappa shape index (κ2) is 10.8. The van der Waals surface area contributed by atoms with Gasteiger partial charge in [0.1, 0.15) is 21.8 Å². The zero-order valence-corrected chi connectivity index (χ0v) is 24.7. The number of aliphatic hydroxyl groups excluding tert-OH is 1. The number of hydrogen-bond acceptors (Lipinski definition) is 8. The Morgan fingerprint density at radius 3 is 2.31 bits per heavy atom. The summed E-state index contributed by atoms with van der Waals surface area (Å²) in [4.78, 5) is 22.4. The molecular formula is C29H28Cl2FN3O6S. The van der Waals surface area contributed by atoms with Gasteiger partial charge in [0.2, 0.25) is 5.72 Å². The van der Waals surface area contributed by atoms with E-state index in [9.17, 15) is 23.4 Å². The number of benzene rings is 2. The molecule has 1 aromatic heterocycles. The Morgan fingerprint density at radius 2 is 1.69 bits per heavy atom. The van der Waals surface area contributed by atoms with E-state index < -0.39 is 39.1 Å². The topological polar surface area (TPSA) is 130 Å². The van der Waals surface area contributed by atoms with Gasteiger partial charge in [-0.15, -0.1) is 5.12 Å². The van der Waals surface area contributed by atoms with Crippen LogP contribution < -0.4 is 0 Å². The smallest absolute Gasteiger partial charge is 0.285 e. The highest BCUT2D eigenvalue weighted by atomic mass is 35.5. The number of hydrogen-bond donors (Lipinski definition) is 2. The van der Waals surface area contributed by atoms with Gasteiger partial charge >= 0.3 is 0 Å². The van der Waals surface area contributed by atoms with Crippen LogP contribution in [0.4, 0.5) is 4.48 Å². The van der Waals surface area contributed by atoms with Gasteiger partial charge in [-0.1, -0.05) is 51.9 Å². The summed E-state index contributed by atoms with van der Waals surface area (Å²) in [7, 11) is -3.29. The zero-order chi connectivity index (χ0) is 29.9. The first-order valence-corrected chi connectivity index (χ1v) is 16.1. The number of carbonyl (C=O) groups is 1. The Morgan fingerprint density at radius 1 is 1.05 bits per heavy atom. The van der Waals surface area contributed by atoms with Gasteiger partial charge < -0.3 is 14.9 Å². The fourth-order valence-electron chi connectivity index (χ4n) is 5.79. The molecule has 1 amide bonds. The molecule has 2 fully saturated rings. The van der Waals surface area contributed by atoms with E-state index in [1.807, 2.05) is 0 Å². The summed E-state index contributed by atoms with van der Waals surface area (Å²) in [5.41, 5.74) is -1.73. The van der Waals surface area contributed by atoms with E-state index in [0.29, 0.717) is 45.4 Å². The van der Waals surface area contributed by atoms with Gasteiger partial charge in [-0.05, 0) is 60.4 Å². The Kier molecular flexibility index (Phi) is 7.56. The third-order valence-electron chi connectivity index (χ3n) is 8.38. The van der Waals surface area contributed by atoms with Crippen molar-refractivity contribution in [2.45, 2.75) is 49.5 Å². The Hall–Kier alpha value is -2.67. The summed E-state index contributed by atoms with van der Waals surface area (Å²) in [5.74, 6) is -1.73. The molecule has 0 spiro atoms. The number of nitrogens with zero attached hydrogens (tertiary/aromatic N) is 3. The van der Waals surface area contributed by atoms with Crippen molar-refractivity contribution >= 4 is 38.9 Å². The summed E-state index contributed by atoms with van der Waals surface area (Å²) >= 11 is 12.1. The van der Waals surface area contributed by atoms with E-state index in [1.165, 1.54) is 12.4 Å². The van der Waals surface area contributed by atoms with Crippen molar-refractivity contribution in [3.63, 3.8) is 0 Å². The molecule has 2 atom stereocenters. The van der Waals surface area contributed by atoms with E-state index in [1.54, 1.807) is 36.4 Å². The van der Waals surface area contributed by atoms with Crippen LogP contribution in [0.15, 0.2) is 48.8 Å². The van der Waals surface area contributed by atoms with Gasteiger partial charge in [-0.2, -0.15) is 0 Å². The Labute approximate surface area is 252 Å². The highest BCUT2D eigenvalue weighted by Gasteiger charge is 2.61. The van der Waals surface area contributed by atoms with E-state index in [2.05, 4.69) is 9.97 Å². The van der Waals surface area contributed by atoms with Crippen LogP contribution in [0.25, 0.3) is 11.1 Å². The molecule has 6 rings (SSSR count). The monoisotopic (exact) mass is 635 g/mol. The maximum atomic E-state index is 16.5. The Bertz CT molecular complexity index is 1620. The molecule has 0 bridgehead atoms. The Balaban J connectivity index is 1.52. The highest BCUT2D eigenvalue weighted by molar-refractivity contribution is 7.91. The third kappa shape index (κ3) is 5.31. The van der Waals surface area contributed by atoms with Crippen LogP contribution in [-0.2, 0) is 26.7 Å². The summed E-state index contributed by atoms with van der Waals surface area (Å²) < 4.78 is 46.8. The van der Waals surface area contributed by atoms with Crippen molar-refractivity contribution in [2.24, 2.45) is 5.92 Å². The predicted molar refractivity (Wildman–Crippen MR) is 153 cm³/mol. The van der Waals surface area contributed by atoms with Crippen LogP contribution in [0.1, 0.15) is 53.0 Å². The van der Waals surface area contributed by atoms with Crippen molar-refractivity contribution in [1.82, 2.24) is 15.1 Å². The van der Waals surface area contributed by atoms with Crippen LogP contribution in [0.3, 0.4) is 0 Å². The van der Waals surface area contributed by atoms with E-state index in [-0.39, 0.29) is 53.6 Å². The van der Waals surface area contributed by atoms with Gasteiger partial charge in [-0.25, -0.2) is 18.4 Å². The minimum Gasteiger partial charge on any atom is -0.387 e. The number of rotatable bonds is 8. The van der Waals surface area contributed by atoms with Crippen molar-refractivity contribution in [2.75, 3.05) is 18.1 Å². The normalized spacial score (nSPS) is 23.5. The largest absolute Gasteiger partial charge is 0.387 e. The van der Waals surface area contributed by atoms with E-state index in [0.717, 1.165) is 0 Å². The number of carbonyl (C=O) groups excluding carboxylic acids is 1. The summed E-state index contributed by atoms with van der Waals surface area (Å²) in [6.07, 6.45) is 2.26. The number of fused-ring (bicyclic) bond motifs is 1. The molecule has 9 nitrogen and oxygen atoms in total. The molecular weight excluding hydrogens is 608 g/mol. The number of aromatic nitrogens is 2. The minimum atomic E-state index is -3.29. The van der Waals surface area contributed by atoms with Crippen LogP contribution in [0.2, 0.25) is 10.0 Å². The minimum absolute atomic E-state index is 0.0197. The van der Waals surface area contributed by atoms with E-state index in [4.69, 9.17) is 27.9 Å². The number of amides is 1. The lowest BCUT2D eigenvalue weighted by molar-refractivity contribution is -0.273. The first-order chi connectivity index (χ1) is 19.9.